The number of rotatable bonds is 3. The lowest BCUT2D eigenvalue weighted by molar-refractivity contribution is 0.509. The highest BCUT2D eigenvalue weighted by molar-refractivity contribution is 7.99. The smallest absolute Gasteiger partial charge is 0.197 e. The molecule has 28 heavy (non-hydrogen) atoms. The van der Waals surface area contributed by atoms with Gasteiger partial charge in [0.2, 0.25) is 0 Å². The van der Waals surface area contributed by atoms with Gasteiger partial charge in [0.25, 0.3) is 0 Å². The number of aromatic nitrogens is 6. The van der Waals surface area contributed by atoms with Crippen LogP contribution >= 0.6 is 23.1 Å². The Morgan fingerprint density at radius 1 is 1.25 bits per heavy atom. The molecule has 0 fully saturated rings. The topological polar surface area (TPSA) is 69.4 Å². The molecule has 8 heteroatoms. The van der Waals surface area contributed by atoms with E-state index in [0.29, 0.717) is 5.82 Å². The van der Waals surface area contributed by atoms with Crippen molar-refractivity contribution < 1.29 is 0 Å². The van der Waals surface area contributed by atoms with E-state index < -0.39 is 0 Å². The van der Waals surface area contributed by atoms with Crippen LogP contribution in [0.3, 0.4) is 0 Å². The summed E-state index contributed by atoms with van der Waals surface area (Å²) in [4.78, 5) is 16.6. The first-order chi connectivity index (χ1) is 13.6. The van der Waals surface area contributed by atoms with E-state index in [9.17, 15) is 0 Å². The molecular weight excluding hydrogens is 388 g/mol. The molecule has 0 radical (unpaired) electrons. The van der Waals surface area contributed by atoms with E-state index >= 15 is 0 Å². The predicted molar refractivity (Wildman–Crippen MR) is 112 cm³/mol. The first-order valence-corrected chi connectivity index (χ1v) is 11.0. The second kappa shape index (κ2) is 6.93. The van der Waals surface area contributed by atoms with Gasteiger partial charge in [0.15, 0.2) is 11.0 Å². The lowest BCUT2D eigenvalue weighted by Gasteiger charge is -2.18. The SMILES string of the molecule is Cc1nnc(Sc2nc(-c3cccnc3)nc3sc4c(c23)CC[C@@H](C)C4)n1C. The molecule has 0 saturated carbocycles. The van der Waals surface area contributed by atoms with Crippen LogP contribution in [0.25, 0.3) is 21.6 Å². The van der Waals surface area contributed by atoms with Gasteiger partial charge < -0.3 is 4.57 Å². The van der Waals surface area contributed by atoms with Crippen LogP contribution in [0, 0.1) is 12.8 Å². The van der Waals surface area contributed by atoms with Gasteiger partial charge in [-0.1, -0.05) is 6.92 Å². The van der Waals surface area contributed by atoms with Crippen LogP contribution in [0.1, 0.15) is 29.6 Å². The molecule has 4 heterocycles. The summed E-state index contributed by atoms with van der Waals surface area (Å²) in [5.41, 5.74) is 2.36. The zero-order valence-corrected chi connectivity index (χ0v) is 17.6. The summed E-state index contributed by atoms with van der Waals surface area (Å²) in [5, 5.41) is 11.5. The second-order valence-electron chi connectivity index (χ2n) is 7.32. The van der Waals surface area contributed by atoms with Crippen molar-refractivity contribution in [1.82, 2.24) is 29.7 Å². The molecule has 0 amide bonds. The normalized spacial score (nSPS) is 16.5. The molecular formula is C20H20N6S2. The van der Waals surface area contributed by atoms with Gasteiger partial charge in [0.1, 0.15) is 15.7 Å². The van der Waals surface area contributed by atoms with Crippen LogP contribution in [0.5, 0.6) is 0 Å². The molecule has 1 aliphatic carbocycles. The van der Waals surface area contributed by atoms with Crippen molar-refractivity contribution in [2.75, 3.05) is 0 Å². The van der Waals surface area contributed by atoms with Gasteiger partial charge in [-0.05, 0) is 61.6 Å². The van der Waals surface area contributed by atoms with Gasteiger partial charge in [0, 0.05) is 35.3 Å². The number of fused-ring (bicyclic) bond motifs is 3. The summed E-state index contributed by atoms with van der Waals surface area (Å²) in [5.74, 6) is 2.33. The Balaban J connectivity index is 1.71. The minimum Gasteiger partial charge on any atom is -0.309 e. The highest BCUT2D eigenvalue weighted by atomic mass is 32.2. The molecule has 1 aliphatic rings. The van der Waals surface area contributed by atoms with Crippen LogP contribution < -0.4 is 0 Å². The van der Waals surface area contributed by atoms with E-state index in [-0.39, 0.29) is 0 Å². The number of hydrogen-bond donors (Lipinski definition) is 0. The third-order valence-electron chi connectivity index (χ3n) is 5.28. The minimum absolute atomic E-state index is 0.716. The van der Waals surface area contributed by atoms with Crippen molar-refractivity contribution in [1.29, 1.82) is 0 Å². The van der Waals surface area contributed by atoms with Crippen molar-refractivity contribution in [3.8, 4) is 11.4 Å². The van der Waals surface area contributed by atoms with Gasteiger partial charge >= 0.3 is 0 Å². The van der Waals surface area contributed by atoms with Crippen molar-refractivity contribution in [2.24, 2.45) is 13.0 Å². The number of nitrogens with zero attached hydrogens (tertiary/aromatic N) is 6. The molecule has 0 unspecified atom stereocenters. The Labute approximate surface area is 171 Å². The molecule has 142 valence electrons. The fourth-order valence-electron chi connectivity index (χ4n) is 3.57. The molecule has 0 spiro atoms. The highest BCUT2D eigenvalue weighted by Crippen LogP contribution is 2.42. The predicted octanol–water partition coefficient (Wildman–Crippen LogP) is 4.47. The van der Waals surface area contributed by atoms with Crippen LogP contribution in [-0.4, -0.2) is 29.7 Å². The Morgan fingerprint density at radius 2 is 2.14 bits per heavy atom. The highest BCUT2D eigenvalue weighted by Gasteiger charge is 2.25. The van der Waals surface area contributed by atoms with Crippen LogP contribution in [0.2, 0.25) is 0 Å². The summed E-state index contributed by atoms with van der Waals surface area (Å²) in [6.45, 7) is 4.29. The quantitative estimate of drug-likeness (QED) is 0.466. The van der Waals surface area contributed by atoms with Crippen molar-refractivity contribution in [3.63, 3.8) is 0 Å². The lowest BCUT2D eigenvalue weighted by atomic mass is 9.89. The first kappa shape index (κ1) is 17.8. The summed E-state index contributed by atoms with van der Waals surface area (Å²) in [7, 11) is 1.99. The van der Waals surface area contributed by atoms with Crippen molar-refractivity contribution in [3.05, 3.63) is 40.8 Å². The van der Waals surface area contributed by atoms with Gasteiger partial charge in [-0.3, -0.25) is 4.98 Å². The summed E-state index contributed by atoms with van der Waals surface area (Å²) < 4.78 is 2.00. The molecule has 5 rings (SSSR count). The van der Waals surface area contributed by atoms with Gasteiger partial charge in [-0.25, -0.2) is 9.97 Å². The molecule has 6 nitrogen and oxygen atoms in total. The molecule has 0 aromatic carbocycles. The van der Waals surface area contributed by atoms with Crippen LogP contribution in [-0.2, 0) is 19.9 Å². The maximum Gasteiger partial charge on any atom is 0.197 e. The van der Waals surface area contributed by atoms with E-state index in [4.69, 9.17) is 9.97 Å². The minimum atomic E-state index is 0.716. The molecule has 0 N–H and O–H groups in total. The number of thiophene rings is 1. The average Bonchev–Trinajstić information content (AvgIpc) is 3.22. The Morgan fingerprint density at radius 3 is 2.89 bits per heavy atom. The van der Waals surface area contributed by atoms with Gasteiger partial charge in [-0.15, -0.1) is 21.5 Å². The Bertz CT molecular complexity index is 1160. The Kier molecular flexibility index (Phi) is 4.40. The summed E-state index contributed by atoms with van der Waals surface area (Å²) >= 11 is 3.39. The van der Waals surface area contributed by atoms with Gasteiger partial charge in [0.05, 0.1) is 0 Å². The largest absolute Gasteiger partial charge is 0.309 e. The zero-order valence-electron chi connectivity index (χ0n) is 16.0. The maximum absolute atomic E-state index is 4.95. The fraction of sp³-hybridized carbons (Fsp3) is 0.350. The monoisotopic (exact) mass is 408 g/mol. The lowest BCUT2D eigenvalue weighted by Crippen LogP contribution is -2.08. The van der Waals surface area contributed by atoms with E-state index in [1.807, 2.05) is 48.2 Å². The number of aryl methyl sites for hydroxylation is 2. The van der Waals surface area contributed by atoms with Crippen molar-refractivity contribution in [2.45, 2.75) is 43.3 Å². The van der Waals surface area contributed by atoms with E-state index in [1.165, 1.54) is 22.2 Å². The second-order valence-corrected chi connectivity index (χ2v) is 9.36. The fourth-order valence-corrected chi connectivity index (χ4v) is 5.99. The van der Waals surface area contributed by atoms with Gasteiger partial charge in [-0.2, -0.15) is 0 Å². The molecule has 0 aliphatic heterocycles. The third kappa shape index (κ3) is 3.00. The molecule has 4 aromatic rings. The molecule has 0 saturated heterocycles. The van der Waals surface area contributed by atoms with Crippen LogP contribution in [0.4, 0.5) is 0 Å². The van der Waals surface area contributed by atoms with Crippen LogP contribution in [0.15, 0.2) is 34.7 Å². The molecule has 1 atom stereocenters. The van der Waals surface area contributed by atoms with E-state index in [2.05, 4.69) is 22.1 Å². The van der Waals surface area contributed by atoms with E-state index in [0.717, 1.165) is 45.2 Å². The van der Waals surface area contributed by atoms with E-state index in [1.54, 1.807) is 18.0 Å². The first-order valence-electron chi connectivity index (χ1n) is 9.36. The summed E-state index contributed by atoms with van der Waals surface area (Å²) in [6, 6.07) is 3.92. The average molecular weight is 409 g/mol. The third-order valence-corrected chi connectivity index (χ3v) is 7.46. The molecule has 0 bridgehead atoms. The standard InChI is InChI=1S/C20H20N6S2/c1-11-6-7-14-15(9-11)27-18-16(14)19(28-20-25-24-12(2)26(20)3)23-17(22-18)13-5-4-8-21-10-13/h4-5,8,10-11H,6-7,9H2,1-3H3/t11-/m1/s1. The number of pyridine rings is 1. The maximum atomic E-state index is 4.95. The zero-order chi connectivity index (χ0) is 19.3. The molecule has 4 aromatic heterocycles. The Hall–Kier alpha value is -2.32. The van der Waals surface area contributed by atoms with Crippen molar-refractivity contribution >= 4 is 33.3 Å². The number of hydrogen-bond acceptors (Lipinski definition) is 7. The summed E-state index contributed by atoms with van der Waals surface area (Å²) in [6.07, 6.45) is 7.03.